The van der Waals surface area contributed by atoms with Gasteiger partial charge in [-0.1, -0.05) is 30.3 Å². The molecule has 0 spiro atoms. The first-order valence-corrected chi connectivity index (χ1v) is 15.7. The summed E-state index contributed by atoms with van der Waals surface area (Å²) in [5.74, 6) is -1.04. The summed E-state index contributed by atoms with van der Waals surface area (Å²) in [7, 11) is -3.90. The van der Waals surface area contributed by atoms with Crippen molar-refractivity contribution < 1.29 is 31.1 Å². The van der Waals surface area contributed by atoms with Crippen LogP contribution in [0.25, 0.3) is 21.8 Å². The van der Waals surface area contributed by atoms with Gasteiger partial charge in [-0.15, -0.1) is 11.3 Å². The number of aliphatic hydroxyl groups excluding tert-OH is 1. The highest BCUT2D eigenvalue weighted by Crippen LogP contribution is 2.35. The summed E-state index contributed by atoms with van der Waals surface area (Å²) in [4.78, 5) is 8.35. The molecule has 0 bridgehead atoms. The maximum atomic E-state index is 14.4. The van der Waals surface area contributed by atoms with Gasteiger partial charge in [-0.2, -0.15) is 13.2 Å². The van der Waals surface area contributed by atoms with E-state index < -0.39 is 33.7 Å². The zero-order chi connectivity index (χ0) is 31.3. The minimum atomic E-state index is -4.65. The summed E-state index contributed by atoms with van der Waals surface area (Å²) < 4.78 is 81.5. The van der Waals surface area contributed by atoms with E-state index in [9.17, 15) is 31.1 Å². The Kier molecular flexibility index (Phi) is 9.39. The predicted molar refractivity (Wildman–Crippen MR) is 161 cm³/mol. The number of nitrogens with one attached hydrogen (secondary N) is 2. The smallest absolute Gasteiger partial charge is 0.387 e. The SMILES string of the molecule is O=S(=O)(Nc1ccc(CCNCC(O)c2cccnc2)cc1)c1ccc(-c2nc(-c3ccc(C(F)(F)F)cc3F)cs2)cc1. The lowest BCUT2D eigenvalue weighted by atomic mass is 10.1. The van der Waals surface area contributed by atoms with Crippen LogP contribution in [0.1, 0.15) is 22.8 Å². The van der Waals surface area contributed by atoms with Crippen LogP contribution in [-0.4, -0.2) is 36.6 Å². The first-order valence-electron chi connectivity index (χ1n) is 13.3. The van der Waals surface area contributed by atoms with Crippen LogP contribution in [0, 0.1) is 5.82 Å². The van der Waals surface area contributed by atoms with E-state index in [1.807, 2.05) is 18.2 Å². The highest BCUT2D eigenvalue weighted by atomic mass is 32.2. The molecule has 5 aromatic rings. The van der Waals surface area contributed by atoms with Crippen LogP contribution in [0.5, 0.6) is 0 Å². The highest BCUT2D eigenvalue weighted by Gasteiger charge is 2.31. The van der Waals surface area contributed by atoms with Crippen LogP contribution in [0.2, 0.25) is 0 Å². The van der Waals surface area contributed by atoms with Gasteiger partial charge in [-0.25, -0.2) is 17.8 Å². The number of sulfonamides is 1. The average Bonchev–Trinajstić information content (AvgIpc) is 3.50. The van der Waals surface area contributed by atoms with Gasteiger partial charge in [0.1, 0.15) is 10.8 Å². The Hall–Kier alpha value is -4.17. The lowest BCUT2D eigenvalue weighted by molar-refractivity contribution is -0.137. The van der Waals surface area contributed by atoms with E-state index in [1.165, 1.54) is 17.5 Å². The molecule has 5 rings (SSSR count). The zero-order valence-electron chi connectivity index (χ0n) is 22.9. The lowest BCUT2D eigenvalue weighted by Crippen LogP contribution is -2.23. The van der Waals surface area contributed by atoms with E-state index in [2.05, 4.69) is 20.0 Å². The number of pyridine rings is 1. The van der Waals surface area contributed by atoms with Gasteiger partial charge < -0.3 is 10.4 Å². The third-order valence-corrected chi connectivity index (χ3v) is 8.98. The van der Waals surface area contributed by atoms with E-state index in [1.54, 1.807) is 42.7 Å². The number of aromatic nitrogens is 2. The van der Waals surface area contributed by atoms with Gasteiger partial charge in [0.05, 0.1) is 22.3 Å². The Morgan fingerprint density at radius 2 is 1.73 bits per heavy atom. The quantitative estimate of drug-likeness (QED) is 0.110. The molecule has 44 heavy (non-hydrogen) atoms. The first kappa shape index (κ1) is 31.3. The normalized spacial score (nSPS) is 12.7. The highest BCUT2D eigenvalue weighted by molar-refractivity contribution is 7.92. The van der Waals surface area contributed by atoms with Gasteiger partial charge in [-0.05, 0) is 67.1 Å². The number of hydrogen-bond donors (Lipinski definition) is 3. The minimum Gasteiger partial charge on any atom is -0.387 e. The van der Waals surface area contributed by atoms with Gasteiger partial charge in [0.2, 0.25) is 0 Å². The standard InChI is InChI=1S/C31H26F4N4O3S2/c32-27-16-23(31(33,34)35)7-12-26(27)28-19-43-30(38-28)21-5-10-25(11-6-21)44(41,42)39-24-8-3-20(4-9-24)13-15-37-18-29(40)22-2-1-14-36-17-22/h1-12,14,16-17,19,29,37,39-40H,13,15,18H2. The van der Waals surface area contributed by atoms with Gasteiger partial charge in [0, 0.05) is 46.7 Å². The predicted octanol–water partition coefficient (Wildman–Crippen LogP) is 6.70. The van der Waals surface area contributed by atoms with Crippen molar-refractivity contribution in [1.82, 2.24) is 15.3 Å². The lowest BCUT2D eigenvalue weighted by Gasteiger charge is -2.12. The van der Waals surface area contributed by atoms with Crippen LogP contribution in [0.15, 0.2) is 102 Å². The fourth-order valence-corrected chi connectivity index (χ4v) is 6.21. The number of nitrogens with zero attached hydrogens (tertiary/aromatic N) is 2. The van der Waals surface area contributed by atoms with Crippen molar-refractivity contribution in [1.29, 1.82) is 0 Å². The molecule has 1 unspecified atom stereocenters. The Morgan fingerprint density at radius 3 is 2.39 bits per heavy atom. The van der Waals surface area contributed by atoms with Crippen molar-refractivity contribution >= 4 is 27.0 Å². The van der Waals surface area contributed by atoms with Crippen molar-refractivity contribution in [3.63, 3.8) is 0 Å². The van der Waals surface area contributed by atoms with E-state index in [0.717, 1.165) is 34.6 Å². The molecule has 0 aliphatic rings. The molecule has 7 nitrogen and oxygen atoms in total. The van der Waals surface area contributed by atoms with Gasteiger partial charge in [-0.3, -0.25) is 9.71 Å². The third-order valence-electron chi connectivity index (χ3n) is 6.69. The zero-order valence-corrected chi connectivity index (χ0v) is 24.6. The van der Waals surface area contributed by atoms with Crippen LogP contribution in [-0.2, 0) is 22.6 Å². The van der Waals surface area contributed by atoms with Crippen molar-refractivity contribution in [2.45, 2.75) is 23.6 Å². The molecule has 228 valence electrons. The molecule has 3 N–H and O–H groups in total. The van der Waals surface area contributed by atoms with Crippen LogP contribution < -0.4 is 10.0 Å². The molecule has 1 atom stereocenters. The Morgan fingerprint density at radius 1 is 0.977 bits per heavy atom. The van der Waals surface area contributed by atoms with Crippen molar-refractivity contribution in [2.75, 3.05) is 17.8 Å². The number of alkyl halides is 3. The largest absolute Gasteiger partial charge is 0.416 e. The molecule has 13 heteroatoms. The second-order valence-corrected chi connectivity index (χ2v) is 12.4. The average molecular weight is 643 g/mol. The summed E-state index contributed by atoms with van der Waals surface area (Å²) in [5.41, 5.74) is 1.70. The molecule has 2 aromatic heterocycles. The molecular formula is C31H26F4N4O3S2. The van der Waals surface area contributed by atoms with E-state index in [0.29, 0.717) is 41.8 Å². The maximum absolute atomic E-state index is 14.4. The van der Waals surface area contributed by atoms with Gasteiger partial charge >= 0.3 is 6.18 Å². The fraction of sp³-hybridized carbons (Fsp3) is 0.161. The van der Waals surface area contributed by atoms with Crippen molar-refractivity contribution in [2.24, 2.45) is 0 Å². The molecule has 3 aromatic carbocycles. The molecule has 0 saturated carbocycles. The minimum absolute atomic E-state index is 0.0206. The number of halogens is 4. The van der Waals surface area contributed by atoms with Crippen LogP contribution >= 0.6 is 11.3 Å². The van der Waals surface area contributed by atoms with Crippen molar-refractivity contribution in [3.05, 3.63) is 119 Å². The Bertz CT molecular complexity index is 1810. The number of rotatable bonds is 11. The Balaban J connectivity index is 1.16. The second kappa shape index (κ2) is 13.2. The summed E-state index contributed by atoms with van der Waals surface area (Å²) in [6.45, 7) is 0.998. The second-order valence-electron chi connectivity index (χ2n) is 9.81. The van der Waals surface area contributed by atoms with Crippen LogP contribution in [0.4, 0.5) is 23.2 Å². The number of thiazole rings is 1. The molecule has 0 amide bonds. The number of anilines is 1. The van der Waals surface area contributed by atoms with E-state index in [4.69, 9.17) is 0 Å². The van der Waals surface area contributed by atoms with Gasteiger partial charge in [0.15, 0.2) is 0 Å². The summed E-state index contributed by atoms with van der Waals surface area (Å²) in [5, 5.41) is 15.4. The summed E-state index contributed by atoms with van der Waals surface area (Å²) in [6, 6.07) is 18.8. The molecule has 0 aliphatic heterocycles. The molecular weight excluding hydrogens is 616 g/mol. The number of benzene rings is 3. The Labute approximate surface area is 255 Å². The summed E-state index contributed by atoms with van der Waals surface area (Å²) in [6.07, 6.45) is -1.37. The molecule has 2 heterocycles. The van der Waals surface area contributed by atoms with E-state index in [-0.39, 0.29) is 16.2 Å². The first-order chi connectivity index (χ1) is 21.0. The van der Waals surface area contributed by atoms with Gasteiger partial charge in [0.25, 0.3) is 10.0 Å². The molecule has 0 saturated heterocycles. The van der Waals surface area contributed by atoms with E-state index >= 15 is 0 Å². The molecule has 0 aliphatic carbocycles. The number of hydrogen-bond acceptors (Lipinski definition) is 7. The fourth-order valence-electron chi connectivity index (χ4n) is 4.32. The van der Waals surface area contributed by atoms with Crippen LogP contribution in [0.3, 0.4) is 0 Å². The third kappa shape index (κ3) is 7.66. The maximum Gasteiger partial charge on any atom is 0.416 e. The van der Waals surface area contributed by atoms with Crippen molar-refractivity contribution in [3.8, 4) is 21.8 Å². The number of aliphatic hydroxyl groups is 1. The topological polar surface area (TPSA) is 104 Å². The molecule has 0 radical (unpaired) electrons. The summed E-state index contributed by atoms with van der Waals surface area (Å²) >= 11 is 1.16. The monoisotopic (exact) mass is 642 g/mol. The molecule has 0 fully saturated rings.